The number of aromatic nitrogens is 1. The molecule has 0 radical (unpaired) electrons. The van der Waals surface area contributed by atoms with Crippen LogP contribution in [0.25, 0.3) is 0 Å². The lowest BCUT2D eigenvalue weighted by atomic mass is 10.1. The van der Waals surface area contributed by atoms with Crippen LogP contribution in [0, 0.1) is 12.8 Å². The highest BCUT2D eigenvalue weighted by atomic mass is 16.2. The molecule has 1 N–H and O–H groups in total. The minimum atomic E-state index is -0.257. The van der Waals surface area contributed by atoms with E-state index in [4.69, 9.17) is 0 Å². The Bertz CT molecular complexity index is 599. The second-order valence-corrected chi connectivity index (χ2v) is 6.14. The number of rotatable bonds is 5. The Kier molecular flexibility index (Phi) is 4.99. The first-order valence-corrected chi connectivity index (χ1v) is 7.66. The summed E-state index contributed by atoms with van der Waals surface area (Å²) in [5, 5.41) is 2.93. The molecule has 4 heteroatoms. The zero-order chi connectivity index (χ0) is 15.4. The highest BCUT2D eigenvalue weighted by molar-refractivity contribution is 5.95. The highest BCUT2D eigenvalue weighted by Crippen LogP contribution is 2.11. The molecule has 0 fully saturated rings. The molecule has 1 amide bonds. The first-order chi connectivity index (χ1) is 9.99. The number of hydrogen-bond acceptors (Lipinski definition) is 2. The number of nitrogens with zero attached hydrogens (tertiary/aromatic N) is 1. The quantitative estimate of drug-likeness (QED) is 0.847. The van der Waals surface area contributed by atoms with Gasteiger partial charge in [0.2, 0.25) is 0 Å². The average Bonchev–Trinajstić information content (AvgIpc) is 2.90. The van der Waals surface area contributed by atoms with E-state index in [-0.39, 0.29) is 23.1 Å². The second-order valence-electron chi connectivity index (χ2n) is 6.14. The number of aryl methyl sites for hydroxylation is 2. The standard InChI is InChI=1S/C17H24N2O2/c1-12(2)8-10-19-11-9-13(3)15(17(19)21)16(20)18-14-6-4-5-7-14/h4,6,9,11-12,14H,5,7-8,10H2,1-3H3,(H,18,20). The molecule has 1 heterocycles. The van der Waals surface area contributed by atoms with E-state index in [1.54, 1.807) is 10.8 Å². The topological polar surface area (TPSA) is 51.1 Å². The van der Waals surface area contributed by atoms with Crippen LogP contribution in [0.4, 0.5) is 0 Å². The Labute approximate surface area is 125 Å². The van der Waals surface area contributed by atoms with Crippen molar-refractivity contribution in [2.45, 2.75) is 52.6 Å². The van der Waals surface area contributed by atoms with Crippen LogP contribution in [-0.4, -0.2) is 16.5 Å². The molecule has 21 heavy (non-hydrogen) atoms. The van der Waals surface area contributed by atoms with Crippen molar-refractivity contribution < 1.29 is 4.79 Å². The molecule has 1 aliphatic rings. The highest BCUT2D eigenvalue weighted by Gasteiger charge is 2.19. The number of allylic oxidation sites excluding steroid dienone is 1. The largest absolute Gasteiger partial charge is 0.346 e. The summed E-state index contributed by atoms with van der Waals surface area (Å²) >= 11 is 0. The maximum atomic E-state index is 12.5. The van der Waals surface area contributed by atoms with Crippen molar-refractivity contribution in [2.75, 3.05) is 0 Å². The molecule has 0 saturated carbocycles. The van der Waals surface area contributed by atoms with Crippen molar-refractivity contribution >= 4 is 5.91 Å². The van der Waals surface area contributed by atoms with Crippen LogP contribution in [0.5, 0.6) is 0 Å². The molecule has 2 rings (SSSR count). The number of carbonyl (C=O) groups excluding carboxylic acids is 1. The zero-order valence-electron chi connectivity index (χ0n) is 13.1. The van der Waals surface area contributed by atoms with Gasteiger partial charge in [-0.15, -0.1) is 0 Å². The molecule has 4 nitrogen and oxygen atoms in total. The van der Waals surface area contributed by atoms with Gasteiger partial charge >= 0.3 is 0 Å². The van der Waals surface area contributed by atoms with E-state index >= 15 is 0 Å². The molecule has 0 aromatic carbocycles. The number of amides is 1. The smallest absolute Gasteiger partial charge is 0.263 e. The molecule has 1 atom stereocenters. The van der Waals surface area contributed by atoms with E-state index in [0.29, 0.717) is 12.5 Å². The van der Waals surface area contributed by atoms with Crippen LogP contribution >= 0.6 is 0 Å². The van der Waals surface area contributed by atoms with Crippen molar-refractivity contribution in [3.05, 3.63) is 45.9 Å². The van der Waals surface area contributed by atoms with E-state index in [9.17, 15) is 9.59 Å². The summed E-state index contributed by atoms with van der Waals surface area (Å²) in [5.74, 6) is 0.270. The average molecular weight is 288 g/mol. The van der Waals surface area contributed by atoms with Crippen LogP contribution < -0.4 is 10.9 Å². The van der Waals surface area contributed by atoms with Gasteiger partial charge < -0.3 is 9.88 Å². The Balaban J connectivity index is 2.21. The number of carbonyl (C=O) groups is 1. The fourth-order valence-corrected chi connectivity index (χ4v) is 2.51. The lowest BCUT2D eigenvalue weighted by molar-refractivity contribution is 0.0941. The summed E-state index contributed by atoms with van der Waals surface area (Å²) in [6.45, 7) is 6.71. The van der Waals surface area contributed by atoms with Crippen molar-refractivity contribution in [3.8, 4) is 0 Å². The second kappa shape index (κ2) is 6.74. The first kappa shape index (κ1) is 15.5. The van der Waals surface area contributed by atoms with Crippen molar-refractivity contribution in [1.82, 2.24) is 9.88 Å². The van der Waals surface area contributed by atoms with Gasteiger partial charge in [0.05, 0.1) is 0 Å². The molecule has 1 unspecified atom stereocenters. The molecule has 1 aliphatic carbocycles. The predicted octanol–water partition coefficient (Wildman–Crippen LogP) is 2.65. The van der Waals surface area contributed by atoms with E-state index < -0.39 is 0 Å². The normalized spacial score (nSPS) is 17.4. The van der Waals surface area contributed by atoms with Gasteiger partial charge in [-0.3, -0.25) is 9.59 Å². The summed E-state index contributed by atoms with van der Waals surface area (Å²) in [4.78, 5) is 24.9. The fourth-order valence-electron chi connectivity index (χ4n) is 2.51. The molecular formula is C17H24N2O2. The molecule has 114 valence electrons. The van der Waals surface area contributed by atoms with E-state index in [0.717, 1.165) is 24.8 Å². The Morgan fingerprint density at radius 3 is 2.86 bits per heavy atom. The lowest BCUT2D eigenvalue weighted by Crippen LogP contribution is -2.38. The van der Waals surface area contributed by atoms with E-state index in [1.165, 1.54) is 0 Å². The van der Waals surface area contributed by atoms with Crippen molar-refractivity contribution in [1.29, 1.82) is 0 Å². The SMILES string of the molecule is Cc1ccn(CCC(C)C)c(=O)c1C(=O)NC1C=CCC1. The Morgan fingerprint density at radius 2 is 2.24 bits per heavy atom. The third-order valence-electron chi connectivity index (χ3n) is 3.88. The number of nitrogens with one attached hydrogen (secondary N) is 1. The molecule has 0 saturated heterocycles. The van der Waals surface area contributed by atoms with Gasteiger partial charge in [0.15, 0.2) is 0 Å². The van der Waals surface area contributed by atoms with Gasteiger partial charge in [-0.05, 0) is 43.7 Å². The van der Waals surface area contributed by atoms with Crippen LogP contribution in [-0.2, 0) is 6.54 Å². The van der Waals surface area contributed by atoms with Gasteiger partial charge in [-0.1, -0.05) is 26.0 Å². The summed E-state index contributed by atoms with van der Waals surface area (Å²) in [6, 6.07) is 1.90. The summed E-state index contributed by atoms with van der Waals surface area (Å²) in [5.41, 5.74) is 0.831. The first-order valence-electron chi connectivity index (χ1n) is 7.66. The van der Waals surface area contributed by atoms with Crippen molar-refractivity contribution in [3.63, 3.8) is 0 Å². The minimum absolute atomic E-state index is 0.0561. The number of hydrogen-bond donors (Lipinski definition) is 1. The monoisotopic (exact) mass is 288 g/mol. The molecule has 0 bridgehead atoms. The van der Waals surface area contributed by atoms with E-state index in [1.807, 2.05) is 19.1 Å². The zero-order valence-corrected chi connectivity index (χ0v) is 13.1. The minimum Gasteiger partial charge on any atom is -0.346 e. The maximum Gasteiger partial charge on any atom is 0.263 e. The summed E-state index contributed by atoms with van der Waals surface area (Å²) in [7, 11) is 0. The fraction of sp³-hybridized carbons (Fsp3) is 0.529. The molecule has 0 spiro atoms. The third-order valence-corrected chi connectivity index (χ3v) is 3.88. The Morgan fingerprint density at radius 1 is 1.48 bits per heavy atom. The van der Waals surface area contributed by atoms with Crippen molar-refractivity contribution in [2.24, 2.45) is 5.92 Å². The van der Waals surface area contributed by atoms with Gasteiger partial charge in [0, 0.05) is 18.8 Å². The summed E-state index contributed by atoms with van der Waals surface area (Å²) in [6.07, 6.45) is 8.66. The van der Waals surface area contributed by atoms with E-state index in [2.05, 4.69) is 25.2 Å². The van der Waals surface area contributed by atoms with Gasteiger partial charge in [-0.2, -0.15) is 0 Å². The van der Waals surface area contributed by atoms with Crippen LogP contribution in [0.1, 0.15) is 49.0 Å². The maximum absolute atomic E-state index is 12.5. The molecular weight excluding hydrogens is 264 g/mol. The van der Waals surface area contributed by atoms with Crippen LogP contribution in [0.3, 0.4) is 0 Å². The van der Waals surface area contributed by atoms with Crippen LogP contribution in [0.15, 0.2) is 29.2 Å². The third kappa shape index (κ3) is 3.84. The lowest BCUT2D eigenvalue weighted by Gasteiger charge is -2.14. The molecule has 1 aromatic heterocycles. The van der Waals surface area contributed by atoms with Gasteiger partial charge in [0.25, 0.3) is 11.5 Å². The van der Waals surface area contributed by atoms with Gasteiger partial charge in [-0.25, -0.2) is 0 Å². The van der Waals surface area contributed by atoms with Crippen LogP contribution in [0.2, 0.25) is 0 Å². The van der Waals surface area contributed by atoms with Gasteiger partial charge in [0.1, 0.15) is 5.56 Å². The summed E-state index contributed by atoms with van der Waals surface area (Å²) < 4.78 is 1.65. The number of pyridine rings is 1. The molecule has 0 aliphatic heterocycles. The Hall–Kier alpha value is -1.84. The molecule has 1 aromatic rings. The predicted molar refractivity (Wildman–Crippen MR) is 84.5 cm³/mol.